The Morgan fingerprint density at radius 3 is 2.72 bits per heavy atom. The summed E-state index contributed by atoms with van der Waals surface area (Å²) in [5.74, 6) is -0.878. The quantitative estimate of drug-likeness (QED) is 0.570. The molecule has 0 spiro atoms. The van der Waals surface area contributed by atoms with Crippen LogP contribution in [0.3, 0.4) is 0 Å². The normalized spacial score (nSPS) is 11.7. The number of carbonyl (C=O) groups excluding carboxylic acids is 1. The second-order valence-corrected chi connectivity index (χ2v) is 5.30. The maximum absolute atomic E-state index is 14.2. The van der Waals surface area contributed by atoms with Gasteiger partial charge >= 0.3 is 0 Å². The number of pyridine rings is 2. The van der Waals surface area contributed by atoms with E-state index in [9.17, 15) is 9.18 Å². The Bertz CT molecular complexity index is 751. The predicted octanol–water partition coefficient (Wildman–Crippen LogP) is 1.62. The highest BCUT2D eigenvalue weighted by Gasteiger charge is 2.18. The molecule has 0 saturated heterocycles. The van der Waals surface area contributed by atoms with Gasteiger partial charge in [0.2, 0.25) is 0 Å². The maximum atomic E-state index is 14.2. The van der Waals surface area contributed by atoms with Crippen molar-refractivity contribution in [2.24, 2.45) is 11.5 Å². The molecule has 1 amide bonds. The lowest BCUT2D eigenvalue weighted by Crippen LogP contribution is -2.29. The number of hydrogen-bond acceptors (Lipinski definition) is 7. The fourth-order valence-electron chi connectivity index (χ4n) is 2.13. The fourth-order valence-corrected chi connectivity index (χ4v) is 2.13. The van der Waals surface area contributed by atoms with E-state index in [4.69, 9.17) is 16.2 Å². The van der Waals surface area contributed by atoms with Crippen LogP contribution >= 0.6 is 0 Å². The second-order valence-electron chi connectivity index (χ2n) is 5.30. The second kappa shape index (κ2) is 8.25. The van der Waals surface area contributed by atoms with Gasteiger partial charge in [0, 0.05) is 18.7 Å². The van der Waals surface area contributed by atoms with Crippen LogP contribution in [0.2, 0.25) is 0 Å². The van der Waals surface area contributed by atoms with Crippen LogP contribution in [0.4, 0.5) is 21.7 Å². The number of anilines is 3. The molecule has 2 aromatic rings. The van der Waals surface area contributed by atoms with Gasteiger partial charge in [-0.05, 0) is 12.5 Å². The Morgan fingerprint density at radius 2 is 2.12 bits per heavy atom. The van der Waals surface area contributed by atoms with Crippen molar-refractivity contribution in [3.05, 3.63) is 35.9 Å². The summed E-state index contributed by atoms with van der Waals surface area (Å²) in [5, 5.41) is 5.83. The highest BCUT2D eigenvalue weighted by molar-refractivity contribution is 5.98. The van der Waals surface area contributed by atoms with Gasteiger partial charge in [-0.3, -0.25) is 9.78 Å². The summed E-state index contributed by atoms with van der Waals surface area (Å²) in [6, 6.07) is 2.55. The van der Waals surface area contributed by atoms with Crippen molar-refractivity contribution in [3.63, 3.8) is 0 Å². The van der Waals surface area contributed by atoms with E-state index in [-0.39, 0.29) is 23.2 Å². The van der Waals surface area contributed by atoms with Gasteiger partial charge in [-0.2, -0.15) is 0 Å². The molecule has 8 nitrogen and oxygen atoms in total. The number of rotatable bonds is 8. The predicted molar refractivity (Wildman–Crippen MR) is 93.5 cm³/mol. The van der Waals surface area contributed by atoms with E-state index in [1.54, 1.807) is 6.07 Å². The SMILES string of the molecule is CCC(CN)Nc1nc(Nc2cncc(OC)c2)c(C(N)=O)cc1F. The van der Waals surface area contributed by atoms with Crippen molar-refractivity contribution in [1.29, 1.82) is 0 Å². The number of ether oxygens (including phenoxy) is 1. The lowest BCUT2D eigenvalue weighted by atomic mass is 10.2. The number of nitrogens with one attached hydrogen (secondary N) is 2. The number of halogens is 1. The molecule has 0 aliphatic heterocycles. The van der Waals surface area contributed by atoms with E-state index in [0.29, 0.717) is 24.4 Å². The van der Waals surface area contributed by atoms with Gasteiger partial charge in [0.05, 0.1) is 30.8 Å². The zero-order valence-electron chi connectivity index (χ0n) is 14.0. The van der Waals surface area contributed by atoms with E-state index < -0.39 is 11.7 Å². The molecule has 1 atom stereocenters. The van der Waals surface area contributed by atoms with Gasteiger partial charge in [-0.1, -0.05) is 6.92 Å². The summed E-state index contributed by atoms with van der Waals surface area (Å²) in [7, 11) is 1.51. The van der Waals surface area contributed by atoms with Crippen LogP contribution in [0.25, 0.3) is 0 Å². The Balaban J connectivity index is 2.40. The minimum absolute atomic E-state index is 0.0133. The van der Waals surface area contributed by atoms with Gasteiger partial charge in [0.25, 0.3) is 5.91 Å². The number of carbonyl (C=O) groups is 1. The molecule has 0 aromatic carbocycles. The molecule has 9 heteroatoms. The van der Waals surface area contributed by atoms with Gasteiger partial charge in [0.1, 0.15) is 11.6 Å². The van der Waals surface area contributed by atoms with Gasteiger partial charge in [0.15, 0.2) is 11.6 Å². The van der Waals surface area contributed by atoms with E-state index in [2.05, 4.69) is 20.6 Å². The number of aromatic nitrogens is 2. The number of nitrogens with zero attached hydrogens (tertiary/aromatic N) is 2. The average molecular weight is 348 g/mol. The van der Waals surface area contributed by atoms with E-state index in [1.807, 2.05) is 6.92 Å². The van der Waals surface area contributed by atoms with Crippen molar-refractivity contribution in [2.45, 2.75) is 19.4 Å². The minimum Gasteiger partial charge on any atom is -0.495 e. The van der Waals surface area contributed by atoms with Crippen molar-refractivity contribution < 1.29 is 13.9 Å². The summed E-state index contributed by atoms with van der Waals surface area (Å²) in [6.07, 6.45) is 3.73. The van der Waals surface area contributed by atoms with Gasteiger partial charge in [-0.15, -0.1) is 0 Å². The highest BCUT2D eigenvalue weighted by atomic mass is 19.1. The first kappa shape index (κ1) is 18.4. The largest absolute Gasteiger partial charge is 0.495 e. The van der Waals surface area contributed by atoms with Crippen molar-refractivity contribution in [2.75, 3.05) is 24.3 Å². The van der Waals surface area contributed by atoms with Crippen molar-refractivity contribution in [1.82, 2.24) is 9.97 Å². The Hall–Kier alpha value is -2.94. The number of methoxy groups -OCH3 is 1. The molecule has 0 aliphatic rings. The highest BCUT2D eigenvalue weighted by Crippen LogP contribution is 2.25. The minimum atomic E-state index is -0.804. The van der Waals surface area contributed by atoms with E-state index in [0.717, 1.165) is 6.07 Å². The fraction of sp³-hybridized carbons (Fsp3) is 0.312. The van der Waals surface area contributed by atoms with Crippen LogP contribution in [0, 0.1) is 5.82 Å². The van der Waals surface area contributed by atoms with Crippen molar-refractivity contribution in [3.8, 4) is 5.75 Å². The molecule has 6 N–H and O–H groups in total. The molecular weight excluding hydrogens is 327 g/mol. The smallest absolute Gasteiger partial charge is 0.252 e. The van der Waals surface area contributed by atoms with Crippen LogP contribution in [0.15, 0.2) is 24.5 Å². The third-order valence-corrected chi connectivity index (χ3v) is 3.57. The monoisotopic (exact) mass is 348 g/mol. The number of amides is 1. The number of hydrogen-bond donors (Lipinski definition) is 4. The molecule has 0 fully saturated rings. The topological polar surface area (TPSA) is 128 Å². The Kier molecular flexibility index (Phi) is 6.07. The summed E-state index contributed by atoms with van der Waals surface area (Å²) >= 11 is 0. The van der Waals surface area contributed by atoms with Crippen LogP contribution in [0.5, 0.6) is 5.75 Å². The first-order valence-corrected chi connectivity index (χ1v) is 7.71. The molecule has 25 heavy (non-hydrogen) atoms. The lowest BCUT2D eigenvalue weighted by molar-refractivity contribution is 0.100. The van der Waals surface area contributed by atoms with Crippen LogP contribution in [-0.2, 0) is 0 Å². The third-order valence-electron chi connectivity index (χ3n) is 3.57. The number of primary amides is 1. The standard InChI is InChI=1S/C16H21FN6O2/c1-3-9(6-18)21-16-13(17)5-12(14(19)24)15(23-16)22-10-4-11(25-2)8-20-7-10/h4-5,7-9H,3,6,18H2,1-2H3,(H2,19,24)(H2,21,22,23). The molecule has 0 saturated carbocycles. The molecule has 134 valence electrons. The van der Waals surface area contributed by atoms with Gasteiger partial charge < -0.3 is 26.8 Å². The van der Waals surface area contributed by atoms with Crippen LogP contribution in [0.1, 0.15) is 23.7 Å². The molecule has 0 bridgehead atoms. The van der Waals surface area contributed by atoms with Crippen molar-refractivity contribution >= 4 is 23.2 Å². The molecular formula is C16H21FN6O2. The van der Waals surface area contributed by atoms with E-state index >= 15 is 0 Å². The molecule has 0 aliphatic carbocycles. The Morgan fingerprint density at radius 1 is 1.36 bits per heavy atom. The molecule has 2 heterocycles. The zero-order chi connectivity index (χ0) is 18.4. The first-order chi connectivity index (χ1) is 12.0. The summed E-state index contributed by atoms with van der Waals surface area (Å²) in [6.45, 7) is 2.24. The van der Waals surface area contributed by atoms with E-state index in [1.165, 1.54) is 19.5 Å². The summed E-state index contributed by atoms with van der Waals surface area (Å²) in [5.41, 5.74) is 11.4. The van der Waals surface area contributed by atoms with Crippen LogP contribution in [-0.4, -0.2) is 35.6 Å². The Labute approximate surface area is 144 Å². The maximum Gasteiger partial charge on any atom is 0.252 e. The molecule has 1 unspecified atom stereocenters. The van der Waals surface area contributed by atoms with Crippen LogP contribution < -0.4 is 26.8 Å². The molecule has 2 aromatic heterocycles. The zero-order valence-corrected chi connectivity index (χ0v) is 14.0. The summed E-state index contributed by atoms with van der Waals surface area (Å²) < 4.78 is 19.3. The summed E-state index contributed by atoms with van der Waals surface area (Å²) in [4.78, 5) is 19.8. The number of nitrogens with two attached hydrogens (primary N) is 2. The van der Waals surface area contributed by atoms with Gasteiger partial charge in [-0.25, -0.2) is 9.37 Å². The third kappa shape index (κ3) is 4.54. The average Bonchev–Trinajstić information content (AvgIpc) is 2.61. The first-order valence-electron chi connectivity index (χ1n) is 7.71. The lowest BCUT2D eigenvalue weighted by Gasteiger charge is -2.18. The molecule has 0 radical (unpaired) electrons. The molecule has 2 rings (SSSR count).